The lowest BCUT2D eigenvalue weighted by Crippen LogP contribution is -1.86. The number of hydrogen-bond acceptors (Lipinski definition) is 6. The van der Waals surface area contributed by atoms with Crippen LogP contribution in [0.2, 0.25) is 0 Å². The third kappa shape index (κ3) is 1.29. The van der Waals surface area contributed by atoms with Gasteiger partial charge in [-0.05, 0) is 12.1 Å². The molecule has 0 saturated carbocycles. The second-order valence-corrected chi connectivity index (χ2v) is 4.20. The van der Waals surface area contributed by atoms with Crippen LogP contribution in [0.25, 0.3) is 15.5 Å². The van der Waals surface area contributed by atoms with Crippen molar-refractivity contribution in [3.8, 4) is 16.3 Å². The zero-order valence-electron chi connectivity index (χ0n) is 8.03. The van der Waals surface area contributed by atoms with Crippen molar-refractivity contribution in [1.82, 2.24) is 19.8 Å². The van der Waals surface area contributed by atoms with Gasteiger partial charge in [-0.25, -0.2) is 0 Å². The van der Waals surface area contributed by atoms with Crippen LogP contribution in [0, 0.1) is 0 Å². The molecule has 3 rings (SSSR count). The molecule has 0 atom stereocenters. The van der Waals surface area contributed by atoms with E-state index in [2.05, 4.69) is 15.3 Å². The van der Waals surface area contributed by atoms with E-state index in [0.717, 1.165) is 0 Å². The summed E-state index contributed by atoms with van der Waals surface area (Å²) in [6.45, 7) is 0. The Bertz CT molecular complexity index is 630. The van der Waals surface area contributed by atoms with Gasteiger partial charge >= 0.3 is 0 Å². The van der Waals surface area contributed by atoms with Gasteiger partial charge in [0.15, 0.2) is 5.01 Å². The van der Waals surface area contributed by atoms with Crippen LogP contribution in [0.3, 0.4) is 0 Å². The number of aromatic nitrogens is 4. The van der Waals surface area contributed by atoms with Gasteiger partial charge < -0.3 is 10.8 Å². The molecule has 0 unspecified atom stereocenters. The van der Waals surface area contributed by atoms with E-state index in [-0.39, 0.29) is 5.75 Å². The van der Waals surface area contributed by atoms with Gasteiger partial charge in [0.2, 0.25) is 4.96 Å². The Morgan fingerprint density at radius 3 is 3.00 bits per heavy atom. The van der Waals surface area contributed by atoms with Crippen LogP contribution in [0.4, 0.5) is 5.69 Å². The zero-order valence-corrected chi connectivity index (χ0v) is 8.85. The van der Waals surface area contributed by atoms with E-state index in [4.69, 9.17) is 5.73 Å². The van der Waals surface area contributed by atoms with Crippen molar-refractivity contribution in [3.63, 3.8) is 0 Å². The summed E-state index contributed by atoms with van der Waals surface area (Å²) >= 11 is 1.35. The Balaban J connectivity index is 2.19. The Hall–Kier alpha value is -2.15. The van der Waals surface area contributed by atoms with E-state index in [1.54, 1.807) is 16.6 Å². The van der Waals surface area contributed by atoms with Crippen molar-refractivity contribution in [2.75, 3.05) is 5.73 Å². The van der Waals surface area contributed by atoms with Gasteiger partial charge in [0.05, 0.1) is 5.56 Å². The Morgan fingerprint density at radius 2 is 2.25 bits per heavy atom. The van der Waals surface area contributed by atoms with Crippen LogP contribution in [0.1, 0.15) is 0 Å². The number of fused-ring (bicyclic) bond motifs is 1. The maximum atomic E-state index is 9.75. The number of phenolic OH excluding ortho intramolecular Hbond substituents is 1. The number of rotatable bonds is 1. The number of nitrogens with zero attached hydrogens (tertiary/aromatic N) is 4. The number of aromatic hydroxyl groups is 1. The lowest BCUT2D eigenvalue weighted by atomic mass is 10.2. The fourth-order valence-electron chi connectivity index (χ4n) is 1.40. The summed E-state index contributed by atoms with van der Waals surface area (Å²) in [4.78, 5) is 0.686. The molecule has 0 spiro atoms. The summed E-state index contributed by atoms with van der Waals surface area (Å²) < 4.78 is 1.57. The molecule has 0 bridgehead atoms. The number of phenols is 1. The van der Waals surface area contributed by atoms with Gasteiger partial charge in [-0.3, -0.25) is 0 Å². The van der Waals surface area contributed by atoms with E-state index < -0.39 is 0 Å². The summed E-state index contributed by atoms with van der Waals surface area (Å²) in [7, 11) is 0. The molecule has 3 aromatic rings. The lowest BCUT2D eigenvalue weighted by Gasteiger charge is -2.00. The summed E-state index contributed by atoms with van der Waals surface area (Å²) in [6.07, 6.45) is 1.52. The van der Waals surface area contributed by atoms with Gasteiger partial charge in [-0.2, -0.15) is 9.61 Å². The van der Waals surface area contributed by atoms with Crippen LogP contribution < -0.4 is 5.73 Å². The van der Waals surface area contributed by atoms with Crippen molar-refractivity contribution in [2.24, 2.45) is 0 Å². The minimum absolute atomic E-state index is 0.116. The Kier molecular flexibility index (Phi) is 1.80. The van der Waals surface area contributed by atoms with Crippen LogP contribution in [-0.4, -0.2) is 24.9 Å². The van der Waals surface area contributed by atoms with Crippen LogP contribution in [-0.2, 0) is 0 Å². The number of anilines is 1. The molecule has 16 heavy (non-hydrogen) atoms. The molecular formula is C9H7N5OS. The molecule has 0 fully saturated rings. The molecule has 0 radical (unpaired) electrons. The first-order valence-corrected chi connectivity index (χ1v) is 5.31. The van der Waals surface area contributed by atoms with Crippen molar-refractivity contribution < 1.29 is 5.11 Å². The monoisotopic (exact) mass is 233 g/mol. The minimum atomic E-state index is 0.116. The molecule has 80 valence electrons. The predicted octanol–water partition coefficient (Wildman–Crippen LogP) is 1.14. The Morgan fingerprint density at radius 1 is 1.38 bits per heavy atom. The first-order chi connectivity index (χ1) is 7.74. The minimum Gasteiger partial charge on any atom is -0.507 e. The molecule has 0 saturated heterocycles. The van der Waals surface area contributed by atoms with Crippen molar-refractivity contribution >= 4 is 22.0 Å². The SMILES string of the molecule is Nc1ccc(-c2nn3cnnc3s2)c(O)c1. The number of hydrogen-bond donors (Lipinski definition) is 2. The highest BCUT2D eigenvalue weighted by Crippen LogP contribution is 2.33. The first-order valence-electron chi connectivity index (χ1n) is 4.50. The van der Waals surface area contributed by atoms with Crippen molar-refractivity contribution in [2.45, 2.75) is 0 Å². The van der Waals surface area contributed by atoms with Crippen molar-refractivity contribution in [3.05, 3.63) is 24.5 Å². The third-order valence-electron chi connectivity index (χ3n) is 2.14. The maximum Gasteiger partial charge on any atom is 0.234 e. The highest BCUT2D eigenvalue weighted by atomic mass is 32.1. The molecule has 0 amide bonds. The van der Waals surface area contributed by atoms with Crippen molar-refractivity contribution in [1.29, 1.82) is 0 Å². The Labute approximate surface area is 94.0 Å². The topological polar surface area (TPSA) is 89.3 Å². The third-order valence-corrected chi connectivity index (χ3v) is 3.09. The molecule has 0 aliphatic rings. The smallest absolute Gasteiger partial charge is 0.234 e. The van der Waals surface area contributed by atoms with Gasteiger partial charge in [0.1, 0.15) is 12.1 Å². The van der Waals surface area contributed by atoms with Gasteiger partial charge in [-0.1, -0.05) is 11.3 Å². The molecule has 7 heteroatoms. The van der Waals surface area contributed by atoms with E-state index in [9.17, 15) is 5.11 Å². The average Bonchev–Trinajstić information content (AvgIpc) is 2.76. The standard InChI is InChI=1S/C9H7N5OS/c10-5-1-2-6(7(15)3-5)8-13-14-4-11-12-9(14)16-8/h1-4,15H,10H2. The zero-order chi connectivity index (χ0) is 11.1. The highest BCUT2D eigenvalue weighted by molar-refractivity contribution is 7.19. The normalized spacial score (nSPS) is 11.0. The molecule has 2 aromatic heterocycles. The van der Waals surface area contributed by atoms with E-state index in [0.29, 0.717) is 21.2 Å². The highest BCUT2D eigenvalue weighted by Gasteiger charge is 2.11. The van der Waals surface area contributed by atoms with E-state index >= 15 is 0 Å². The lowest BCUT2D eigenvalue weighted by molar-refractivity contribution is 0.477. The molecule has 0 aliphatic heterocycles. The van der Waals surface area contributed by atoms with E-state index in [1.165, 1.54) is 23.7 Å². The number of nitrogens with two attached hydrogens (primary N) is 1. The van der Waals surface area contributed by atoms with Crippen LogP contribution >= 0.6 is 11.3 Å². The van der Waals surface area contributed by atoms with Gasteiger partial charge in [0.25, 0.3) is 0 Å². The molecular weight excluding hydrogens is 226 g/mol. The quantitative estimate of drug-likeness (QED) is 0.615. The predicted molar refractivity (Wildman–Crippen MR) is 60.2 cm³/mol. The van der Waals surface area contributed by atoms with Crippen LogP contribution in [0.15, 0.2) is 24.5 Å². The second-order valence-electron chi connectivity index (χ2n) is 3.24. The largest absolute Gasteiger partial charge is 0.507 e. The fourth-order valence-corrected chi connectivity index (χ4v) is 2.25. The molecule has 1 aromatic carbocycles. The fraction of sp³-hybridized carbons (Fsp3) is 0. The van der Waals surface area contributed by atoms with Gasteiger partial charge in [-0.15, -0.1) is 10.2 Å². The number of benzene rings is 1. The molecule has 6 nitrogen and oxygen atoms in total. The van der Waals surface area contributed by atoms with Crippen LogP contribution in [0.5, 0.6) is 5.75 Å². The molecule has 3 N–H and O–H groups in total. The summed E-state index contributed by atoms with van der Waals surface area (Å²) in [6, 6.07) is 4.95. The van der Waals surface area contributed by atoms with Gasteiger partial charge in [0, 0.05) is 11.8 Å². The average molecular weight is 233 g/mol. The number of nitrogen functional groups attached to an aromatic ring is 1. The summed E-state index contributed by atoms with van der Waals surface area (Å²) in [5, 5.41) is 22.3. The van der Waals surface area contributed by atoms with E-state index in [1.807, 2.05) is 0 Å². The second kappa shape index (κ2) is 3.17. The maximum absolute atomic E-state index is 9.75. The molecule has 0 aliphatic carbocycles. The summed E-state index contributed by atoms with van der Waals surface area (Å²) in [5.41, 5.74) is 6.72. The first kappa shape index (κ1) is 9.10. The molecule has 2 heterocycles. The summed E-state index contributed by atoms with van der Waals surface area (Å²) in [5.74, 6) is 0.116.